The molecule has 0 bridgehead atoms. The molecule has 0 aliphatic rings. The van der Waals surface area contributed by atoms with Crippen molar-refractivity contribution in [1.82, 2.24) is 14.9 Å². The summed E-state index contributed by atoms with van der Waals surface area (Å²) in [6.45, 7) is 1.87. The Morgan fingerprint density at radius 1 is 1.43 bits per heavy atom. The molecule has 4 nitrogen and oxygen atoms in total. The Bertz CT molecular complexity index is 344. The van der Waals surface area contributed by atoms with Gasteiger partial charge in [0, 0.05) is 38.3 Å². The highest BCUT2D eigenvalue weighted by Gasteiger charge is 2.04. The van der Waals surface area contributed by atoms with E-state index in [0.717, 1.165) is 5.70 Å². The Hall–Kier alpha value is -1.71. The second-order valence-electron chi connectivity index (χ2n) is 3.14. The molecule has 74 valence electrons. The molecule has 0 aromatic carbocycles. The number of carbonyl (C=O) groups is 1. The van der Waals surface area contributed by atoms with Gasteiger partial charge in [-0.2, -0.15) is 0 Å². The van der Waals surface area contributed by atoms with Crippen molar-refractivity contribution in [3.8, 4) is 0 Å². The van der Waals surface area contributed by atoms with Crippen molar-refractivity contribution in [2.45, 2.75) is 6.92 Å². The van der Waals surface area contributed by atoms with Gasteiger partial charge in [0.25, 0.3) is 0 Å². The van der Waals surface area contributed by atoms with E-state index in [2.05, 4.69) is 9.97 Å². The van der Waals surface area contributed by atoms with Crippen molar-refractivity contribution in [2.75, 3.05) is 14.1 Å². The van der Waals surface area contributed by atoms with Crippen molar-refractivity contribution >= 4 is 5.78 Å². The van der Waals surface area contributed by atoms with Gasteiger partial charge in [0.2, 0.25) is 5.78 Å². The summed E-state index contributed by atoms with van der Waals surface area (Å²) in [7, 11) is 3.77. The Morgan fingerprint density at radius 2 is 2.14 bits per heavy atom. The molecule has 0 fully saturated rings. The number of allylic oxidation sites excluding steroid dienone is 2. The number of ketones is 1. The van der Waals surface area contributed by atoms with E-state index in [0.29, 0.717) is 5.69 Å². The molecule has 4 heteroatoms. The Labute approximate surface area is 83.3 Å². The number of aromatic nitrogens is 2. The topological polar surface area (TPSA) is 46.1 Å². The van der Waals surface area contributed by atoms with Crippen LogP contribution in [-0.4, -0.2) is 34.7 Å². The van der Waals surface area contributed by atoms with Gasteiger partial charge in [0.1, 0.15) is 5.69 Å². The van der Waals surface area contributed by atoms with E-state index in [4.69, 9.17) is 0 Å². The SMILES string of the molecule is C/C(=C/C(=O)c1cnccn1)N(C)C. The van der Waals surface area contributed by atoms with Gasteiger partial charge < -0.3 is 4.90 Å². The van der Waals surface area contributed by atoms with E-state index in [-0.39, 0.29) is 5.78 Å². The molecule has 0 radical (unpaired) electrons. The zero-order valence-electron chi connectivity index (χ0n) is 8.56. The Kier molecular flexibility index (Phi) is 3.34. The van der Waals surface area contributed by atoms with Crippen LogP contribution in [0.3, 0.4) is 0 Å². The van der Waals surface area contributed by atoms with Gasteiger partial charge in [-0.15, -0.1) is 0 Å². The lowest BCUT2D eigenvalue weighted by Gasteiger charge is -2.11. The normalized spacial score (nSPS) is 11.2. The average Bonchev–Trinajstić information content (AvgIpc) is 2.19. The number of carbonyl (C=O) groups excluding carboxylic acids is 1. The zero-order chi connectivity index (χ0) is 10.6. The third-order valence-electron chi connectivity index (χ3n) is 1.86. The fourth-order valence-electron chi connectivity index (χ4n) is 0.819. The highest BCUT2D eigenvalue weighted by Crippen LogP contribution is 2.00. The summed E-state index contributed by atoms with van der Waals surface area (Å²) >= 11 is 0. The van der Waals surface area contributed by atoms with Gasteiger partial charge in [0.15, 0.2) is 0 Å². The number of nitrogens with zero attached hydrogens (tertiary/aromatic N) is 3. The minimum absolute atomic E-state index is 0.121. The van der Waals surface area contributed by atoms with Crippen LogP contribution >= 0.6 is 0 Å². The highest BCUT2D eigenvalue weighted by atomic mass is 16.1. The van der Waals surface area contributed by atoms with E-state index < -0.39 is 0 Å². The molecule has 1 aromatic heterocycles. The lowest BCUT2D eigenvalue weighted by Crippen LogP contribution is -2.10. The summed E-state index contributed by atoms with van der Waals surface area (Å²) in [6, 6.07) is 0. The Balaban J connectivity index is 2.83. The molecule has 0 unspecified atom stereocenters. The van der Waals surface area contributed by atoms with Gasteiger partial charge in [0.05, 0.1) is 6.20 Å². The molecule has 1 heterocycles. The van der Waals surface area contributed by atoms with Crippen LogP contribution in [0.1, 0.15) is 17.4 Å². The molecule has 0 saturated heterocycles. The third kappa shape index (κ3) is 2.65. The molecule has 1 rings (SSSR count). The summed E-state index contributed by atoms with van der Waals surface area (Å²) in [5, 5.41) is 0. The van der Waals surface area contributed by atoms with E-state index in [1.54, 1.807) is 12.3 Å². The van der Waals surface area contributed by atoms with Gasteiger partial charge in [-0.3, -0.25) is 9.78 Å². The Morgan fingerprint density at radius 3 is 2.64 bits per heavy atom. The summed E-state index contributed by atoms with van der Waals surface area (Å²) in [6.07, 6.45) is 6.05. The first kappa shape index (κ1) is 10.4. The highest BCUT2D eigenvalue weighted by molar-refractivity contribution is 6.03. The van der Waals surface area contributed by atoms with E-state index in [9.17, 15) is 4.79 Å². The van der Waals surface area contributed by atoms with Crippen molar-refractivity contribution in [3.63, 3.8) is 0 Å². The summed E-state index contributed by atoms with van der Waals surface area (Å²) in [5.74, 6) is -0.121. The molecule has 0 amide bonds. The van der Waals surface area contributed by atoms with Crippen molar-refractivity contribution in [2.24, 2.45) is 0 Å². The predicted octanol–water partition coefficient (Wildman–Crippen LogP) is 1.12. The van der Waals surface area contributed by atoms with Gasteiger partial charge in [-0.1, -0.05) is 0 Å². The van der Waals surface area contributed by atoms with Crippen LogP contribution in [0.25, 0.3) is 0 Å². The summed E-state index contributed by atoms with van der Waals surface area (Å²) in [4.78, 5) is 21.2. The molecule has 0 aliphatic carbocycles. The average molecular weight is 191 g/mol. The van der Waals surface area contributed by atoms with Gasteiger partial charge >= 0.3 is 0 Å². The minimum Gasteiger partial charge on any atom is -0.381 e. The quantitative estimate of drug-likeness (QED) is 0.530. The van der Waals surface area contributed by atoms with E-state index in [1.807, 2.05) is 25.9 Å². The van der Waals surface area contributed by atoms with Gasteiger partial charge in [-0.25, -0.2) is 4.98 Å². The molecule has 0 N–H and O–H groups in total. The molecular formula is C10H13N3O. The smallest absolute Gasteiger partial charge is 0.207 e. The second kappa shape index (κ2) is 4.50. The largest absolute Gasteiger partial charge is 0.381 e. The van der Waals surface area contributed by atoms with Crippen LogP contribution in [0.15, 0.2) is 30.4 Å². The van der Waals surface area contributed by atoms with Crippen LogP contribution in [0.2, 0.25) is 0 Å². The zero-order valence-corrected chi connectivity index (χ0v) is 8.56. The lowest BCUT2D eigenvalue weighted by atomic mass is 10.2. The van der Waals surface area contributed by atoms with Gasteiger partial charge in [-0.05, 0) is 6.92 Å². The van der Waals surface area contributed by atoms with Crippen LogP contribution in [0, 0.1) is 0 Å². The number of hydrogen-bond donors (Lipinski definition) is 0. The monoisotopic (exact) mass is 191 g/mol. The molecular weight excluding hydrogens is 178 g/mol. The molecule has 1 aromatic rings. The first-order valence-corrected chi connectivity index (χ1v) is 4.27. The van der Waals surface area contributed by atoms with E-state index in [1.165, 1.54) is 12.4 Å². The molecule has 0 atom stereocenters. The summed E-state index contributed by atoms with van der Waals surface area (Å²) in [5.41, 5.74) is 1.26. The van der Waals surface area contributed by atoms with Crippen LogP contribution < -0.4 is 0 Å². The van der Waals surface area contributed by atoms with Crippen LogP contribution in [0.5, 0.6) is 0 Å². The number of rotatable bonds is 3. The first-order valence-electron chi connectivity index (χ1n) is 4.27. The predicted molar refractivity (Wildman–Crippen MR) is 53.8 cm³/mol. The van der Waals surface area contributed by atoms with Crippen LogP contribution in [-0.2, 0) is 0 Å². The van der Waals surface area contributed by atoms with Crippen molar-refractivity contribution in [3.05, 3.63) is 36.1 Å². The molecule has 0 saturated carbocycles. The lowest BCUT2D eigenvalue weighted by molar-refractivity contribution is 0.103. The maximum atomic E-state index is 11.6. The molecule has 0 aliphatic heterocycles. The maximum Gasteiger partial charge on any atom is 0.207 e. The number of hydrogen-bond acceptors (Lipinski definition) is 4. The fraction of sp³-hybridized carbons (Fsp3) is 0.300. The van der Waals surface area contributed by atoms with Crippen molar-refractivity contribution < 1.29 is 4.79 Å². The second-order valence-corrected chi connectivity index (χ2v) is 3.14. The molecule has 0 spiro atoms. The standard InChI is InChI=1S/C10H13N3O/c1-8(13(2)3)6-10(14)9-7-11-4-5-12-9/h4-7H,1-3H3/b8-6-. The van der Waals surface area contributed by atoms with E-state index >= 15 is 0 Å². The fourth-order valence-corrected chi connectivity index (χ4v) is 0.819. The maximum absolute atomic E-state index is 11.6. The third-order valence-corrected chi connectivity index (χ3v) is 1.86. The first-order chi connectivity index (χ1) is 6.61. The van der Waals surface area contributed by atoms with Crippen LogP contribution in [0.4, 0.5) is 0 Å². The summed E-state index contributed by atoms with van der Waals surface area (Å²) < 4.78 is 0. The molecule has 14 heavy (non-hydrogen) atoms. The minimum atomic E-state index is -0.121. The van der Waals surface area contributed by atoms with Crippen molar-refractivity contribution in [1.29, 1.82) is 0 Å².